The highest BCUT2D eigenvalue weighted by molar-refractivity contribution is 7.18. The van der Waals surface area contributed by atoms with E-state index in [1.165, 1.54) is 16.2 Å². The van der Waals surface area contributed by atoms with Gasteiger partial charge in [0.05, 0.1) is 28.5 Å². The van der Waals surface area contributed by atoms with E-state index in [1.54, 1.807) is 0 Å². The molecule has 4 rings (SSSR count). The molecule has 6 nitrogen and oxygen atoms in total. The van der Waals surface area contributed by atoms with Crippen molar-refractivity contribution in [2.45, 2.75) is 25.9 Å². The number of imide groups is 1. The average molecular weight is 370 g/mol. The molecule has 1 fully saturated rings. The van der Waals surface area contributed by atoms with Gasteiger partial charge in [0.2, 0.25) is 11.8 Å². The predicted octanol–water partition coefficient (Wildman–Crippen LogP) is 2.68. The van der Waals surface area contributed by atoms with Crippen molar-refractivity contribution in [3.05, 3.63) is 41.4 Å². The first-order chi connectivity index (χ1) is 12.6. The van der Waals surface area contributed by atoms with Gasteiger partial charge in [0.1, 0.15) is 11.6 Å². The molecule has 7 heteroatoms. The molecule has 0 radical (unpaired) electrons. The van der Waals surface area contributed by atoms with Crippen molar-refractivity contribution in [1.82, 2.24) is 9.88 Å². The topological polar surface area (TPSA) is 76.6 Å². The van der Waals surface area contributed by atoms with Gasteiger partial charge >= 0.3 is 5.97 Å². The Balaban J connectivity index is 1.30. The van der Waals surface area contributed by atoms with Gasteiger partial charge in [-0.3, -0.25) is 19.3 Å². The number of hydrogen-bond acceptors (Lipinski definition) is 6. The summed E-state index contributed by atoms with van der Waals surface area (Å²) in [6.07, 6.45) is 5.11. The molecule has 1 aromatic heterocycles. The van der Waals surface area contributed by atoms with Gasteiger partial charge in [-0.25, -0.2) is 4.98 Å². The summed E-state index contributed by atoms with van der Waals surface area (Å²) in [5.41, 5.74) is 0.882. The molecule has 1 aliphatic heterocycles. The van der Waals surface area contributed by atoms with Gasteiger partial charge in [-0.1, -0.05) is 24.3 Å². The maximum atomic E-state index is 12.4. The number of carbonyl (C=O) groups excluding carboxylic acids is 3. The number of allylic oxidation sites excluding steroid dienone is 2. The van der Waals surface area contributed by atoms with Crippen LogP contribution in [0.3, 0.4) is 0 Å². The van der Waals surface area contributed by atoms with Crippen molar-refractivity contribution >= 4 is 39.3 Å². The van der Waals surface area contributed by atoms with Crippen LogP contribution in [0.15, 0.2) is 36.4 Å². The van der Waals surface area contributed by atoms with E-state index in [9.17, 15) is 14.4 Å². The molecule has 0 N–H and O–H groups in total. The van der Waals surface area contributed by atoms with Crippen LogP contribution in [0.1, 0.15) is 24.3 Å². The summed E-state index contributed by atoms with van der Waals surface area (Å²) in [6, 6.07) is 7.73. The van der Waals surface area contributed by atoms with Gasteiger partial charge in [-0.15, -0.1) is 11.3 Å². The van der Waals surface area contributed by atoms with E-state index >= 15 is 0 Å². The van der Waals surface area contributed by atoms with E-state index in [0.29, 0.717) is 12.8 Å². The largest absolute Gasteiger partial charge is 0.458 e. The van der Waals surface area contributed by atoms with Crippen molar-refractivity contribution in [1.29, 1.82) is 0 Å². The Morgan fingerprint density at radius 2 is 1.85 bits per heavy atom. The van der Waals surface area contributed by atoms with Crippen LogP contribution in [0.2, 0.25) is 0 Å². The van der Waals surface area contributed by atoms with Crippen molar-refractivity contribution in [3.63, 3.8) is 0 Å². The Hall–Kier alpha value is -2.54. The zero-order chi connectivity index (χ0) is 18.1. The molecule has 1 aliphatic carbocycles. The standard InChI is InChI=1S/C19H18N2O4S/c22-17(25-11-16-20-14-7-3-4-8-15(14)26-16)9-10-21-18(23)12-5-1-2-6-13(12)19(21)24/h1-4,7-8,12-13H,5-6,9-11H2/t12-,13+. The number of benzene rings is 1. The average Bonchev–Trinajstić information content (AvgIpc) is 3.18. The molecule has 2 aromatic rings. The van der Waals surface area contributed by atoms with E-state index in [1.807, 2.05) is 36.4 Å². The lowest BCUT2D eigenvalue weighted by atomic mass is 9.85. The molecule has 2 amide bonds. The van der Waals surface area contributed by atoms with E-state index < -0.39 is 5.97 Å². The highest BCUT2D eigenvalue weighted by atomic mass is 32.1. The second kappa shape index (κ2) is 6.99. The van der Waals surface area contributed by atoms with Gasteiger partial charge in [-0.2, -0.15) is 0 Å². The highest BCUT2D eigenvalue weighted by Crippen LogP contribution is 2.35. The molecule has 1 aromatic carbocycles. The summed E-state index contributed by atoms with van der Waals surface area (Å²) in [7, 11) is 0. The lowest BCUT2D eigenvalue weighted by molar-refractivity contribution is -0.146. The fourth-order valence-corrected chi connectivity index (χ4v) is 4.37. The molecule has 0 unspecified atom stereocenters. The minimum atomic E-state index is -0.433. The maximum absolute atomic E-state index is 12.4. The molecule has 26 heavy (non-hydrogen) atoms. The van der Waals surface area contributed by atoms with E-state index in [4.69, 9.17) is 4.74 Å². The number of para-hydroxylation sites is 1. The number of carbonyl (C=O) groups is 3. The second-order valence-corrected chi connectivity index (χ2v) is 7.59. The quantitative estimate of drug-likeness (QED) is 0.459. The lowest BCUT2D eigenvalue weighted by Gasteiger charge is -2.14. The Bertz CT molecular complexity index is 845. The highest BCUT2D eigenvalue weighted by Gasteiger charge is 2.46. The van der Waals surface area contributed by atoms with E-state index in [-0.39, 0.29) is 43.2 Å². The number of ether oxygens (including phenoxy) is 1. The molecule has 0 saturated carbocycles. The molecule has 2 aliphatic rings. The number of aromatic nitrogens is 1. The minimum absolute atomic E-state index is 0.00917. The van der Waals surface area contributed by atoms with E-state index in [2.05, 4.69) is 4.98 Å². The Morgan fingerprint density at radius 1 is 1.15 bits per heavy atom. The van der Waals surface area contributed by atoms with Crippen LogP contribution in [0, 0.1) is 11.8 Å². The molecule has 0 bridgehead atoms. The van der Waals surface area contributed by atoms with Crippen molar-refractivity contribution in [2.24, 2.45) is 11.8 Å². The number of likely N-dealkylation sites (tertiary alicyclic amines) is 1. The summed E-state index contributed by atoms with van der Waals surface area (Å²) in [6.45, 7) is 0.193. The minimum Gasteiger partial charge on any atom is -0.458 e. The van der Waals surface area contributed by atoms with Crippen LogP contribution in [0.5, 0.6) is 0 Å². The molecular weight excluding hydrogens is 352 g/mol. The second-order valence-electron chi connectivity index (χ2n) is 6.47. The van der Waals surface area contributed by atoms with Crippen LogP contribution >= 0.6 is 11.3 Å². The van der Waals surface area contributed by atoms with Crippen molar-refractivity contribution in [3.8, 4) is 0 Å². The Morgan fingerprint density at radius 3 is 2.54 bits per heavy atom. The smallest absolute Gasteiger partial charge is 0.308 e. The van der Waals surface area contributed by atoms with Gasteiger partial charge in [0.25, 0.3) is 0 Å². The number of hydrogen-bond donors (Lipinski definition) is 0. The number of amides is 2. The monoisotopic (exact) mass is 370 g/mol. The SMILES string of the molecule is O=C(CCN1C(=O)[C@H]2CC=CC[C@H]2C1=O)OCc1nc2ccccc2s1. The molecule has 2 heterocycles. The third kappa shape index (κ3) is 3.14. The van der Waals surface area contributed by atoms with Gasteiger partial charge in [0, 0.05) is 6.54 Å². The van der Waals surface area contributed by atoms with Crippen LogP contribution in [-0.4, -0.2) is 34.2 Å². The van der Waals surface area contributed by atoms with Crippen LogP contribution in [0.4, 0.5) is 0 Å². The number of thiazole rings is 1. The summed E-state index contributed by atoms with van der Waals surface area (Å²) in [5, 5.41) is 0.727. The molecule has 0 spiro atoms. The van der Waals surface area contributed by atoms with Crippen molar-refractivity contribution < 1.29 is 19.1 Å². The van der Waals surface area contributed by atoms with Crippen LogP contribution < -0.4 is 0 Å². The first-order valence-corrected chi connectivity index (χ1v) is 9.45. The van der Waals surface area contributed by atoms with Crippen molar-refractivity contribution in [2.75, 3.05) is 6.54 Å². The maximum Gasteiger partial charge on any atom is 0.308 e. The number of nitrogens with zero attached hydrogens (tertiary/aromatic N) is 2. The lowest BCUT2D eigenvalue weighted by Crippen LogP contribution is -2.33. The number of esters is 1. The molecule has 2 atom stereocenters. The predicted molar refractivity (Wildman–Crippen MR) is 96.1 cm³/mol. The zero-order valence-electron chi connectivity index (χ0n) is 14.1. The first-order valence-electron chi connectivity index (χ1n) is 8.64. The zero-order valence-corrected chi connectivity index (χ0v) is 14.9. The van der Waals surface area contributed by atoms with Crippen LogP contribution in [-0.2, 0) is 25.7 Å². The van der Waals surface area contributed by atoms with E-state index in [0.717, 1.165) is 15.2 Å². The Kier molecular flexibility index (Phi) is 4.55. The van der Waals surface area contributed by atoms with Gasteiger partial charge in [-0.05, 0) is 25.0 Å². The fourth-order valence-electron chi connectivity index (χ4n) is 3.49. The summed E-state index contributed by atoms with van der Waals surface area (Å²) in [4.78, 5) is 42.3. The Labute approximate surface area is 154 Å². The molecule has 1 saturated heterocycles. The van der Waals surface area contributed by atoms with Gasteiger partial charge < -0.3 is 4.74 Å². The van der Waals surface area contributed by atoms with Gasteiger partial charge in [0.15, 0.2) is 0 Å². The first kappa shape index (κ1) is 16.9. The number of rotatable bonds is 5. The summed E-state index contributed by atoms with van der Waals surface area (Å²) < 4.78 is 6.30. The van der Waals surface area contributed by atoms with Crippen LogP contribution in [0.25, 0.3) is 10.2 Å². The summed E-state index contributed by atoms with van der Waals surface area (Å²) >= 11 is 1.48. The third-order valence-electron chi connectivity index (χ3n) is 4.83. The summed E-state index contributed by atoms with van der Waals surface area (Å²) in [5.74, 6) is -1.28. The molecular formula is C19H18N2O4S. The normalized spacial score (nSPS) is 22.1. The fraction of sp³-hybridized carbons (Fsp3) is 0.368. The molecule has 134 valence electrons. The number of fused-ring (bicyclic) bond motifs is 2. The third-order valence-corrected chi connectivity index (χ3v) is 5.84.